The highest BCUT2D eigenvalue weighted by atomic mass is 16.5. The van der Waals surface area contributed by atoms with Gasteiger partial charge in [-0.05, 0) is 38.0 Å². The average Bonchev–Trinajstić information content (AvgIpc) is 3.35. The molecule has 0 fully saturated rings. The van der Waals surface area contributed by atoms with Crippen LogP contribution in [0.15, 0.2) is 39.9 Å². The fraction of sp³-hybridized carbons (Fsp3) is 0.333. The maximum Gasteiger partial charge on any atom is 0.264 e. The van der Waals surface area contributed by atoms with Crippen molar-refractivity contribution in [2.45, 2.75) is 34.6 Å². The van der Waals surface area contributed by atoms with Gasteiger partial charge in [0.05, 0.1) is 7.05 Å². The predicted molar refractivity (Wildman–Crippen MR) is 97.5 cm³/mol. The van der Waals surface area contributed by atoms with E-state index in [1.54, 1.807) is 33.4 Å². The summed E-state index contributed by atoms with van der Waals surface area (Å²) in [4.78, 5) is 8.01. The summed E-state index contributed by atoms with van der Waals surface area (Å²) in [6.07, 6.45) is 3.46. The van der Waals surface area contributed by atoms with Crippen LogP contribution >= 0.6 is 0 Å². The van der Waals surface area contributed by atoms with Crippen molar-refractivity contribution in [3.8, 4) is 11.4 Å². The monoisotopic (exact) mass is 370 g/mol. The van der Waals surface area contributed by atoms with E-state index in [-0.39, 0.29) is 0 Å². The molecule has 4 rings (SSSR count). The number of rotatable bonds is 1. The van der Waals surface area contributed by atoms with E-state index < -0.39 is 0 Å². The Kier molecular flexibility index (Phi) is 6.93. The van der Waals surface area contributed by atoms with Crippen molar-refractivity contribution < 1.29 is 13.6 Å². The number of hydrogen-bond acceptors (Lipinski definition) is 7. The summed E-state index contributed by atoms with van der Waals surface area (Å²) in [6, 6.07) is 6.14. The molecule has 9 nitrogen and oxygen atoms in total. The molecule has 3 aromatic heterocycles. The summed E-state index contributed by atoms with van der Waals surface area (Å²) in [5, 5.41) is 13.7. The van der Waals surface area contributed by atoms with E-state index in [2.05, 4.69) is 61.0 Å². The first kappa shape index (κ1) is 20.0. The summed E-state index contributed by atoms with van der Waals surface area (Å²) in [5.74, 6) is 2.57. The van der Waals surface area contributed by atoms with E-state index in [9.17, 15) is 0 Å². The van der Waals surface area contributed by atoms with E-state index in [0.29, 0.717) is 23.4 Å². The summed E-state index contributed by atoms with van der Waals surface area (Å²) in [5.41, 5.74) is 3.52. The van der Waals surface area contributed by atoms with E-state index in [1.165, 1.54) is 11.1 Å². The summed E-state index contributed by atoms with van der Waals surface area (Å²) in [7, 11) is 1.91. The Balaban J connectivity index is 0.000000167. The molecule has 0 unspecified atom stereocenters. The average molecular weight is 370 g/mol. The van der Waals surface area contributed by atoms with E-state index in [0.717, 1.165) is 5.56 Å². The molecule has 0 amide bonds. The Morgan fingerprint density at radius 3 is 1.96 bits per heavy atom. The van der Waals surface area contributed by atoms with Gasteiger partial charge in [-0.25, -0.2) is 4.57 Å². The van der Waals surface area contributed by atoms with Gasteiger partial charge in [0.1, 0.15) is 0 Å². The zero-order chi connectivity index (χ0) is 19.8. The zero-order valence-electron chi connectivity index (χ0n) is 16.4. The minimum atomic E-state index is 0.596. The quantitative estimate of drug-likeness (QED) is 0.513. The summed E-state index contributed by atoms with van der Waals surface area (Å²) in [6.45, 7) is 9.50. The van der Waals surface area contributed by atoms with Crippen molar-refractivity contribution in [3.05, 3.63) is 59.6 Å². The van der Waals surface area contributed by atoms with Gasteiger partial charge in [-0.3, -0.25) is 0 Å². The molecule has 0 saturated carbocycles. The number of benzene rings is 1. The second-order valence-electron chi connectivity index (χ2n) is 5.96. The maximum atomic E-state index is 4.93. The van der Waals surface area contributed by atoms with Crippen LogP contribution in [-0.4, -0.2) is 30.5 Å². The molecule has 0 spiro atoms. The largest absolute Gasteiger partial charge is 0.340 e. The number of H-pyrrole nitrogens is 1. The minimum absolute atomic E-state index is 0.596. The molecule has 0 atom stereocenters. The third-order valence-corrected chi connectivity index (χ3v) is 3.50. The molecule has 9 heteroatoms. The highest BCUT2D eigenvalue weighted by molar-refractivity contribution is 5.56. The van der Waals surface area contributed by atoms with Gasteiger partial charge in [0.25, 0.3) is 6.33 Å². The van der Waals surface area contributed by atoms with Gasteiger partial charge in [-0.15, -0.1) is 5.10 Å². The van der Waals surface area contributed by atoms with Gasteiger partial charge >= 0.3 is 0 Å². The molecular weight excluding hydrogens is 346 g/mol. The fourth-order valence-corrected chi connectivity index (χ4v) is 1.98. The summed E-state index contributed by atoms with van der Waals surface area (Å²) >= 11 is 0. The van der Waals surface area contributed by atoms with Crippen molar-refractivity contribution in [2.75, 3.05) is 0 Å². The Morgan fingerprint density at radius 1 is 0.889 bits per heavy atom. The third kappa shape index (κ3) is 6.46. The summed E-state index contributed by atoms with van der Waals surface area (Å²) < 4.78 is 11.4. The molecule has 0 aliphatic heterocycles. The van der Waals surface area contributed by atoms with Crippen LogP contribution in [0.25, 0.3) is 11.4 Å². The van der Waals surface area contributed by atoms with Crippen molar-refractivity contribution in [1.82, 2.24) is 30.5 Å². The molecule has 3 heterocycles. The van der Waals surface area contributed by atoms with Crippen LogP contribution < -0.4 is 4.57 Å². The Morgan fingerprint density at radius 2 is 1.59 bits per heavy atom. The van der Waals surface area contributed by atoms with Crippen molar-refractivity contribution >= 4 is 0 Å². The lowest BCUT2D eigenvalue weighted by molar-refractivity contribution is -0.671. The van der Waals surface area contributed by atoms with Crippen LogP contribution in [0, 0.1) is 34.6 Å². The molecular formula is C18H24N7O2+. The molecule has 1 N–H and O–H groups in total. The van der Waals surface area contributed by atoms with Crippen LogP contribution in [-0.2, 0) is 7.05 Å². The second-order valence-corrected chi connectivity index (χ2v) is 5.96. The number of aromatic nitrogens is 7. The van der Waals surface area contributed by atoms with E-state index in [4.69, 9.17) is 4.52 Å². The molecule has 1 aromatic carbocycles. The molecule has 0 aliphatic carbocycles. The lowest BCUT2D eigenvalue weighted by Gasteiger charge is -2.00. The molecule has 0 bridgehead atoms. The Hall–Kier alpha value is -3.36. The van der Waals surface area contributed by atoms with Gasteiger partial charge in [-0.2, -0.15) is 9.97 Å². The highest BCUT2D eigenvalue weighted by Crippen LogP contribution is 2.18. The van der Waals surface area contributed by atoms with Crippen LogP contribution in [0.1, 0.15) is 28.7 Å². The van der Waals surface area contributed by atoms with Crippen molar-refractivity contribution in [2.24, 2.45) is 7.05 Å². The molecule has 0 aliphatic rings. The van der Waals surface area contributed by atoms with Crippen molar-refractivity contribution in [1.29, 1.82) is 0 Å². The fourth-order valence-electron chi connectivity index (χ4n) is 1.98. The number of nitrogens with one attached hydrogen (secondary N) is 1. The molecule has 0 saturated heterocycles. The first-order chi connectivity index (χ1) is 12.8. The SMILES string of the molecule is C[n+]1cn[nH]c1.Cc1nc(-c2ccc(C)c(C)c2)no1.Cc1noc(C)n1. The molecule has 0 radical (unpaired) electrons. The van der Waals surface area contributed by atoms with Crippen LogP contribution in [0.3, 0.4) is 0 Å². The lowest BCUT2D eigenvalue weighted by Crippen LogP contribution is -2.22. The topological polar surface area (TPSA) is 110 Å². The highest BCUT2D eigenvalue weighted by Gasteiger charge is 2.05. The minimum Gasteiger partial charge on any atom is -0.340 e. The molecule has 4 aromatic rings. The number of aromatic amines is 1. The van der Waals surface area contributed by atoms with Gasteiger partial charge < -0.3 is 9.05 Å². The van der Waals surface area contributed by atoms with Gasteiger partial charge in [0.2, 0.25) is 23.9 Å². The van der Waals surface area contributed by atoms with Crippen LogP contribution in [0.5, 0.6) is 0 Å². The van der Waals surface area contributed by atoms with Gasteiger partial charge in [0, 0.05) is 24.5 Å². The number of nitrogens with zero attached hydrogens (tertiary/aromatic N) is 6. The number of aryl methyl sites for hydroxylation is 6. The molecule has 27 heavy (non-hydrogen) atoms. The third-order valence-electron chi connectivity index (χ3n) is 3.50. The maximum absolute atomic E-state index is 4.93. The van der Waals surface area contributed by atoms with Gasteiger partial charge in [-0.1, -0.05) is 22.4 Å². The van der Waals surface area contributed by atoms with Crippen LogP contribution in [0.2, 0.25) is 0 Å². The predicted octanol–water partition coefficient (Wildman–Crippen LogP) is 2.58. The Bertz CT molecular complexity index is 941. The van der Waals surface area contributed by atoms with Crippen molar-refractivity contribution in [3.63, 3.8) is 0 Å². The smallest absolute Gasteiger partial charge is 0.264 e. The first-order valence-corrected chi connectivity index (χ1v) is 8.34. The Labute approximate surface area is 157 Å². The second kappa shape index (κ2) is 9.37. The lowest BCUT2D eigenvalue weighted by atomic mass is 10.1. The standard InChI is InChI=1S/C11H12N2O.C4H6N2O.C3H5N3/c1-7-4-5-10(6-8(7)2)11-12-9(3)14-13-11;1-3-5-4(2)7-6-3;1-6-2-4-5-3-6/h4-6H,1-3H3;1-2H3;2-3H,1H3/p+1. The number of hydrogen-bond donors (Lipinski definition) is 1. The van der Waals surface area contributed by atoms with E-state index >= 15 is 0 Å². The van der Waals surface area contributed by atoms with Crippen LogP contribution in [0.4, 0.5) is 0 Å². The van der Waals surface area contributed by atoms with Gasteiger partial charge in [0.15, 0.2) is 5.82 Å². The van der Waals surface area contributed by atoms with E-state index in [1.807, 2.05) is 17.7 Å². The molecule has 142 valence electrons. The zero-order valence-corrected chi connectivity index (χ0v) is 16.4. The normalized spacial score (nSPS) is 9.85. The first-order valence-electron chi connectivity index (χ1n) is 8.34.